The van der Waals surface area contributed by atoms with E-state index in [1.165, 1.54) is 11.1 Å². The summed E-state index contributed by atoms with van der Waals surface area (Å²) in [5.74, 6) is 0.995. The first-order chi connectivity index (χ1) is 14.2. The van der Waals surface area contributed by atoms with Gasteiger partial charge < -0.3 is 9.64 Å². The van der Waals surface area contributed by atoms with Crippen LogP contribution in [0.3, 0.4) is 0 Å². The first-order valence-corrected chi connectivity index (χ1v) is 10.2. The largest absolute Gasteiger partial charge is 0.494 e. The Morgan fingerprint density at radius 2 is 1.97 bits per heavy atom. The number of amides is 1. The SMILES string of the molecule is CCCCOc1ccc(C(=O)N2Cc3ccccc3C(c3cnn(C)c3)C2)cc1. The molecule has 0 fully saturated rings. The van der Waals surface area contributed by atoms with E-state index < -0.39 is 0 Å². The molecule has 0 aliphatic carbocycles. The zero-order valence-corrected chi connectivity index (χ0v) is 17.0. The Balaban J connectivity index is 1.55. The molecule has 0 radical (unpaired) electrons. The van der Waals surface area contributed by atoms with Crippen molar-refractivity contribution in [3.8, 4) is 5.75 Å². The molecule has 1 unspecified atom stereocenters. The summed E-state index contributed by atoms with van der Waals surface area (Å²) in [7, 11) is 1.92. The highest BCUT2D eigenvalue weighted by Crippen LogP contribution is 2.34. The molecule has 1 amide bonds. The van der Waals surface area contributed by atoms with E-state index >= 15 is 0 Å². The lowest BCUT2D eigenvalue weighted by Crippen LogP contribution is -2.38. The van der Waals surface area contributed by atoms with Gasteiger partial charge in [-0.2, -0.15) is 5.10 Å². The normalized spacial score (nSPS) is 15.8. The van der Waals surface area contributed by atoms with E-state index in [-0.39, 0.29) is 11.8 Å². The Hall–Kier alpha value is -3.08. The summed E-state index contributed by atoms with van der Waals surface area (Å²) in [6.45, 7) is 4.12. The number of carbonyl (C=O) groups excluding carboxylic acids is 1. The Labute approximate surface area is 171 Å². The molecule has 0 spiro atoms. The third kappa shape index (κ3) is 4.19. The van der Waals surface area contributed by atoms with Crippen LogP contribution in [0, 0.1) is 0 Å². The van der Waals surface area contributed by atoms with Crippen molar-refractivity contribution < 1.29 is 9.53 Å². The summed E-state index contributed by atoms with van der Waals surface area (Å²) in [5.41, 5.74) is 4.30. The first-order valence-electron chi connectivity index (χ1n) is 10.2. The van der Waals surface area contributed by atoms with Gasteiger partial charge in [0.15, 0.2) is 0 Å². The molecule has 2 aromatic carbocycles. The van der Waals surface area contributed by atoms with Gasteiger partial charge in [0.2, 0.25) is 0 Å². The van der Waals surface area contributed by atoms with Gasteiger partial charge in [0.05, 0.1) is 12.8 Å². The van der Waals surface area contributed by atoms with Crippen LogP contribution in [-0.2, 0) is 13.6 Å². The maximum Gasteiger partial charge on any atom is 0.254 e. The molecule has 2 heterocycles. The van der Waals surface area contributed by atoms with E-state index in [1.807, 2.05) is 59.4 Å². The van der Waals surface area contributed by atoms with Gasteiger partial charge in [0.25, 0.3) is 5.91 Å². The predicted molar refractivity (Wildman–Crippen MR) is 113 cm³/mol. The van der Waals surface area contributed by atoms with Crippen molar-refractivity contribution in [2.75, 3.05) is 13.2 Å². The first kappa shape index (κ1) is 19.2. The highest BCUT2D eigenvalue weighted by atomic mass is 16.5. The minimum atomic E-state index is 0.0495. The van der Waals surface area contributed by atoms with Crippen LogP contribution in [0.15, 0.2) is 60.9 Å². The average Bonchev–Trinajstić information content (AvgIpc) is 3.19. The van der Waals surface area contributed by atoms with E-state index in [4.69, 9.17) is 4.74 Å². The lowest BCUT2D eigenvalue weighted by Gasteiger charge is -2.34. The lowest BCUT2D eigenvalue weighted by molar-refractivity contribution is 0.0725. The predicted octanol–water partition coefficient (Wildman–Crippen LogP) is 4.39. The summed E-state index contributed by atoms with van der Waals surface area (Å²) in [6, 6.07) is 15.9. The number of hydrogen-bond acceptors (Lipinski definition) is 3. The monoisotopic (exact) mass is 389 g/mol. The quantitative estimate of drug-likeness (QED) is 0.588. The molecule has 1 atom stereocenters. The maximum absolute atomic E-state index is 13.2. The molecule has 5 nitrogen and oxygen atoms in total. The molecule has 0 saturated carbocycles. The van der Waals surface area contributed by atoms with Crippen LogP contribution < -0.4 is 4.74 Å². The molecule has 0 N–H and O–H groups in total. The summed E-state index contributed by atoms with van der Waals surface area (Å²) in [4.78, 5) is 15.2. The van der Waals surface area contributed by atoms with Crippen molar-refractivity contribution in [3.05, 3.63) is 83.2 Å². The second-order valence-electron chi connectivity index (χ2n) is 7.61. The molecule has 3 aromatic rings. The van der Waals surface area contributed by atoms with Crippen LogP contribution in [0.5, 0.6) is 5.75 Å². The minimum Gasteiger partial charge on any atom is -0.494 e. The molecule has 0 saturated heterocycles. The summed E-state index contributed by atoms with van der Waals surface area (Å²) in [6.07, 6.45) is 6.07. The molecule has 1 aliphatic heterocycles. The number of rotatable bonds is 6. The Kier molecular flexibility index (Phi) is 5.65. The van der Waals surface area contributed by atoms with E-state index in [0.29, 0.717) is 25.3 Å². The second kappa shape index (κ2) is 8.52. The van der Waals surface area contributed by atoms with Crippen LogP contribution in [0.4, 0.5) is 0 Å². The smallest absolute Gasteiger partial charge is 0.254 e. The van der Waals surface area contributed by atoms with E-state index in [1.54, 1.807) is 0 Å². The fraction of sp³-hybridized carbons (Fsp3) is 0.333. The van der Waals surface area contributed by atoms with Crippen LogP contribution in [0.1, 0.15) is 52.7 Å². The fourth-order valence-electron chi connectivity index (χ4n) is 3.88. The van der Waals surface area contributed by atoms with E-state index in [2.05, 4.69) is 30.2 Å². The van der Waals surface area contributed by atoms with Crippen molar-refractivity contribution in [1.29, 1.82) is 0 Å². The van der Waals surface area contributed by atoms with Gasteiger partial charge in [-0.1, -0.05) is 37.6 Å². The number of unbranched alkanes of at least 4 members (excludes halogenated alkanes) is 1. The number of nitrogens with zero attached hydrogens (tertiary/aromatic N) is 3. The average molecular weight is 389 g/mol. The molecule has 1 aromatic heterocycles. The molecule has 5 heteroatoms. The van der Waals surface area contributed by atoms with Crippen LogP contribution >= 0.6 is 0 Å². The maximum atomic E-state index is 13.2. The molecule has 150 valence electrons. The standard InChI is InChI=1S/C24H27N3O2/c1-3-4-13-29-21-11-9-18(10-12-21)24(28)27-16-19-7-5-6-8-22(19)23(17-27)20-14-25-26(2)15-20/h5-12,14-15,23H,3-4,13,16-17H2,1-2H3. The van der Waals surface area contributed by atoms with Crippen molar-refractivity contribution in [2.24, 2.45) is 7.05 Å². The number of fused-ring (bicyclic) bond motifs is 1. The third-order valence-corrected chi connectivity index (χ3v) is 5.48. The summed E-state index contributed by atoms with van der Waals surface area (Å²) in [5, 5.41) is 4.33. The molecular weight excluding hydrogens is 362 g/mol. The number of aryl methyl sites for hydroxylation is 1. The van der Waals surface area contributed by atoms with Crippen molar-refractivity contribution in [2.45, 2.75) is 32.2 Å². The lowest BCUT2D eigenvalue weighted by atomic mass is 9.86. The summed E-state index contributed by atoms with van der Waals surface area (Å²) >= 11 is 0. The molecule has 4 rings (SSSR count). The van der Waals surface area contributed by atoms with Gasteiger partial charge in [-0.25, -0.2) is 0 Å². The van der Waals surface area contributed by atoms with Crippen molar-refractivity contribution >= 4 is 5.91 Å². The van der Waals surface area contributed by atoms with Crippen LogP contribution in [0.25, 0.3) is 0 Å². The van der Waals surface area contributed by atoms with Crippen LogP contribution in [-0.4, -0.2) is 33.7 Å². The van der Waals surface area contributed by atoms with Crippen molar-refractivity contribution in [1.82, 2.24) is 14.7 Å². The highest BCUT2D eigenvalue weighted by molar-refractivity contribution is 5.94. The zero-order chi connectivity index (χ0) is 20.2. The summed E-state index contributed by atoms with van der Waals surface area (Å²) < 4.78 is 7.53. The topological polar surface area (TPSA) is 47.4 Å². The third-order valence-electron chi connectivity index (χ3n) is 5.48. The number of carbonyl (C=O) groups is 1. The van der Waals surface area contributed by atoms with E-state index in [0.717, 1.165) is 24.2 Å². The Morgan fingerprint density at radius 1 is 1.17 bits per heavy atom. The van der Waals surface area contributed by atoms with Gasteiger partial charge in [0.1, 0.15) is 5.75 Å². The van der Waals surface area contributed by atoms with E-state index in [9.17, 15) is 4.79 Å². The van der Waals surface area contributed by atoms with Crippen LogP contribution in [0.2, 0.25) is 0 Å². The number of ether oxygens (including phenoxy) is 1. The van der Waals surface area contributed by atoms with Gasteiger partial charge in [0, 0.05) is 37.8 Å². The van der Waals surface area contributed by atoms with Gasteiger partial charge in [-0.3, -0.25) is 9.48 Å². The molecular formula is C24H27N3O2. The minimum absolute atomic E-state index is 0.0495. The number of hydrogen-bond donors (Lipinski definition) is 0. The molecule has 29 heavy (non-hydrogen) atoms. The Morgan fingerprint density at radius 3 is 2.69 bits per heavy atom. The number of benzene rings is 2. The fourth-order valence-corrected chi connectivity index (χ4v) is 3.88. The zero-order valence-electron chi connectivity index (χ0n) is 17.0. The van der Waals surface area contributed by atoms with Crippen molar-refractivity contribution in [3.63, 3.8) is 0 Å². The Bertz CT molecular complexity index is 978. The molecule has 1 aliphatic rings. The second-order valence-corrected chi connectivity index (χ2v) is 7.61. The van der Waals surface area contributed by atoms with Gasteiger partial charge in [-0.05, 0) is 47.4 Å². The number of aromatic nitrogens is 2. The highest BCUT2D eigenvalue weighted by Gasteiger charge is 2.30. The van der Waals surface area contributed by atoms with Gasteiger partial charge in [-0.15, -0.1) is 0 Å². The van der Waals surface area contributed by atoms with Gasteiger partial charge >= 0.3 is 0 Å². The molecule has 0 bridgehead atoms.